The van der Waals surface area contributed by atoms with Gasteiger partial charge in [-0.15, -0.1) is 0 Å². The van der Waals surface area contributed by atoms with Crippen molar-refractivity contribution in [1.29, 1.82) is 0 Å². The highest BCUT2D eigenvalue weighted by Crippen LogP contribution is 2.28. The molecular weight excluding hydrogens is 307 g/mol. The molecule has 0 aliphatic heterocycles. The molecule has 2 rings (SSSR count). The maximum Gasteiger partial charge on any atom is 0.150 e. The van der Waals surface area contributed by atoms with Crippen LogP contribution in [0.5, 0.6) is 0 Å². The summed E-state index contributed by atoms with van der Waals surface area (Å²) in [6.45, 7) is 2.75. The molecule has 4 nitrogen and oxygen atoms in total. The Bertz CT molecular complexity index is 568. The predicted octanol–water partition coefficient (Wildman–Crippen LogP) is 4.12. The molecular formula is C12H13Cl3N4. The molecule has 0 aliphatic carbocycles. The van der Waals surface area contributed by atoms with Gasteiger partial charge in [0, 0.05) is 12.2 Å². The molecule has 0 aliphatic rings. The van der Waals surface area contributed by atoms with Crippen LogP contribution in [0.4, 0.5) is 5.82 Å². The third-order valence-electron chi connectivity index (χ3n) is 2.74. The molecule has 0 fully saturated rings. The van der Waals surface area contributed by atoms with Gasteiger partial charge in [0.05, 0.1) is 16.2 Å². The molecule has 0 amide bonds. The first-order valence-electron chi connectivity index (χ1n) is 5.82. The second-order valence-electron chi connectivity index (χ2n) is 4.14. The lowest BCUT2D eigenvalue weighted by Gasteiger charge is -2.08. The molecule has 0 radical (unpaired) electrons. The molecule has 102 valence electrons. The molecule has 2 N–H and O–H groups in total. The third-order valence-corrected chi connectivity index (χ3v) is 3.70. The van der Waals surface area contributed by atoms with Crippen molar-refractivity contribution in [2.24, 2.45) is 0 Å². The van der Waals surface area contributed by atoms with Gasteiger partial charge in [0.25, 0.3) is 0 Å². The van der Waals surface area contributed by atoms with Crippen molar-refractivity contribution < 1.29 is 0 Å². The Hall–Kier alpha value is -0.970. The van der Waals surface area contributed by atoms with Crippen LogP contribution in [0.2, 0.25) is 15.2 Å². The van der Waals surface area contributed by atoms with Gasteiger partial charge in [-0.25, -0.2) is 4.98 Å². The van der Waals surface area contributed by atoms with Gasteiger partial charge in [-0.2, -0.15) is 5.10 Å². The first-order valence-corrected chi connectivity index (χ1v) is 6.95. The molecule has 2 aromatic rings. The Labute approximate surface area is 126 Å². The number of aromatic nitrogens is 3. The summed E-state index contributed by atoms with van der Waals surface area (Å²) in [6, 6.07) is 1.58. The van der Waals surface area contributed by atoms with Gasteiger partial charge in [0.15, 0.2) is 0 Å². The van der Waals surface area contributed by atoms with Crippen molar-refractivity contribution in [1.82, 2.24) is 15.2 Å². The average Bonchev–Trinajstić information content (AvgIpc) is 2.77. The Morgan fingerprint density at radius 3 is 2.74 bits per heavy atom. The minimum atomic E-state index is 0.249. The maximum atomic E-state index is 6.02. The fourth-order valence-electron chi connectivity index (χ4n) is 1.68. The number of H-pyrrole nitrogens is 1. The van der Waals surface area contributed by atoms with Crippen LogP contribution in [-0.2, 0) is 6.42 Å². The number of aryl methyl sites for hydroxylation is 2. The Kier molecular flexibility index (Phi) is 4.91. The van der Waals surface area contributed by atoms with Crippen LogP contribution in [0.3, 0.4) is 0 Å². The largest absolute Gasteiger partial charge is 0.369 e. The number of hydrogen-bond donors (Lipinski definition) is 2. The van der Waals surface area contributed by atoms with Crippen LogP contribution in [0, 0.1) is 6.92 Å². The number of nitrogens with one attached hydrogen (secondary N) is 2. The van der Waals surface area contributed by atoms with Gasteiger partial charge >= 0.3 is 0 Å². The molecule has 2 aromatic heterocycles. The third kappa shape index (κ3) is 3.75. The van der Waals surface area contributed by atoms with Crippen molar-refractivity contribution in [3.05, 3.63) is 38.7 Å². The van der Waals surface area contributed by atoms with Crippen molar-refractivity contribution in [3.8, 4) is 0 Å². The lowest BCUT2D eigenvalue weighted by atomic mass is 10.1. The smallest absolute Gasteiger partial charge is 0.150 e. The van der Waals surface area contributed by atoms with E-state index in [-0.39, 0.29) is 5.15 Å². The number of hydrogen-bond acceptors (Lipinski definition) is 3. The molecule has 0 aromatic carbocycles. The van der Waals surface area contributed by atoms with Crippen LogP contribution in [0.15, 0.2) is 12.3 Å². The Morgan fingerprint density at radius 2 is 2.05 bits per heavy atom. The van der Waals surface area contributed by atoms with E-state index in [2.05, 4.69) is 20.5 Å². The van der Waals surface area contributed by atoms with Gasteiger partial charge in [-0.1, -0.05) is 34.8 Å². The van der Waals surface area contributed by atoms with E-state index in [4.69, 9.17) is 34.8 Å². The molecule has 2 heterocycles. The number of aromatic amines is 1. The van der Waals surface area contributed by atoms with Crippen LogP contribution >= 0.6 is 34.8 Å². The second-order valence-corrected chi connectivity index (χ2v) is 5.31. The summed E-state index contributed by atoms with van der Waals surface area (Å²) in [4.78, 5) is 4.10. The van der Waals surface area contributed by atoms with Crippen molar-refractivity contribution in [3.63, 3.8) is 0 Å². The maximum absolute atomic E-state index is 6.02. The van der Waals surface area contributed by atoms with Gasteiger partial charge in [-0.3, -0.25) is 5.10 Å². The predicted molar refractivity (Wildman–Crippen MR) is 79.4 cm³/mol. The van der Waals surface area contributed by atoms with Gasteiger partial charge in [-0.05, 0) is 31.4 Å². The van der Waals surface area contributed by atoms with E-state index >= 15 is 0 Å². The summed E-state index contributed by atoms with van der Waals surface area (Å²) in [6.07, 6.45) is 3.73. The summed E-state index contributed by atoms with van der Waals surface area (Å²) >= 11 is 17.7. The van der Waals surface area contributed by atoms with Crippen LogP contribution in [0.25, 0.3) is 0 Å². The van der Waals surface area contributed by atoms with E-state index in [9.17, 15) is 0 Å². The van der Waals surface area contributed by atoms with Crippen molar-refractivity contribution >= 4 is 40.6 Å². The van der Waals surface area contributed by atoms with E-state index in [1.165, 1.54) is 5.56 Å². The highest BCUT2D eigenvalue weighted by atomic mass is 35.5. The molecule has 19 heavy (non-hydrogen) atoms. The van der Waals surface area contributed by atoms with Crippen molar-refractivity contribution in [2.45, 2.75) is 19.8 Å². The van der Waals surface area contributed by atoms with Gasteiger partial charge < -0.3 is 5.32 Å². The topological polar surface area (TPSA) is 53.6 Å². The number of anilines is 1. The highest BCUT2D eigenvalue weighted by Gasteiger charge is 2.07. The fourth-order valence-corrected chi connectivity index (χ4v) is 2.25. The molecule has 7 heteroatoms. The standard InChI is InChI=1S/C12H13Cl3N4/c1-7-8(6-17-19-7)3-2-4-16-12-10(14)5-9(13)11(15)18-12/h5-6H,2-4H2,1H3,(H,16,18)(H,17,19). The van der Waals surface area contributed by atoms with E-state index < -0.39 is 0 Å². The lowest BCUT2D eigenvalue weighted by molar-refractivity contribution is 0.853. The average molecular weight is 320 g/mol. The van der Waals surface area contributed by atoms with Crippen LogP contribution in [-0.4, -0.2) is 21.7 Å². The molecule has 0 unspecified atom stereocenters. The number of rotatable bonds is 5. The molecule has 0 saturated heterocycles. The molecule has 0 atom stereocenters. The zero-order valence-corrected chi connectivity index (χ0v) is 12.6. The zero-order valence-electron chi connectivity index (χ0n) is 10.3. The fraction of sp³-hybridized carbons (Fsp3) is 0.333. The highest BCUT2D eigenvalue weighted by molar-refractivity contribution is 6.42. The Morgan fingerprint density at radius 1 is 1.26 bits per heavy atom. The molecule has 0 bridgehead atoms. The summed E-state index contributed by atoms with van der Waals surface area (Å²) in [5, 5.41) is 11.1. The minimum absolute atomic E-state index is 0.249. The summed E-state index contributed by atoms with van der Waals surface area (Å²) in [5.74, 6) is 0.556. The first kappa shape index (κ1) is 14.4. The first-order chi connectivity index (χ1) is 9.08. The van der Waals surface area contributed by atoms with Crippen LogP contribution in [0.1, 0.15) is 17.7 Å². The van der Waals surface area contributed by atoms with Crippen LogP contribution < -0.4 is 5.32 Å². The van der Waals surface area contributed by atoms with Gasteiger partial charge in [0.1, 0.15) is 11.0 Å². The minimum Gasteiger partial charge on any atom is -0.369 e. The van der Waals surface area contributed by atoms with E-state index in [0.29, 0.717) is 15.9 Å². The SMILES string of the molecule is Cc1[nH]ncc1CCCNc1nc(Cl)c(Cl)cc1Cl. The second kappa shape index (κ2) is 6.46. The summed E-state index contributed by atoms with van der Waals surface area (Å²) in [7, 11) is 0. The summed E-state index contributed by atoms with van der Waals surface area (Å²) < 4.78 is 0. The lowest BCUT2D eigenvalue weighted by Crippen LogP contribution is -2.05. The Balaban J connectivity index is 1.86. The van der Waals surface area contributed by atoms with E-state index in [1.807, 2.05) is 13.1 Å². The number of nitrogens with zero attached hydrogens (tertiary/aromatic N) is 2. The zero-order chi connectivity index (χ0) is 13.8. The normalized spacial score (nSPS) is 10.7. The molecule has 0 spiro atoms. The summed E-state index contributed by atoms with van der Waals surface area (Å²) in [5.41, 5.74) is 2.32. The number of pyridine rings is 1. The van der Waals surface area contributed by atoms with E-state index in [1.54, 1.807) is 6.07 Å². The van der Waals surface area contributed by atoms with E-state index in [0.717, 1.165) is 25.1 Å². The quantitative estimate of drug-likeness (QED) is 0.644. The van der Waals surface area contributed by atoms with Gasteiger partial charge in [0.2, 0.25) is 0 Å². The molecule has 0 saturated carbocycles. The van der Waals surface area contributed by atoms with Crippen molar-refractivity contribution in [2.75, 3.05) is 11.9 Å². The number of halogens is 3. The monoisotopic (exact) mass is 318 g/mol.